The highest BCUT2D eigenvalue weighted by atomic mass is 79.9. The van der Waals surface area contributed by atoms with E-state index >= 15 is 0 Å². The van der Waals surface area contributed by atoms with Crippen molar-refractivity contribution in [3.05, 3.63) is 32.3 Å². The monoisotopic (exact) mass is 276 g/mol. The molecule has 76 valence electrons. The maximum Gasteiger partial charge on any atom is 0.293 e. The van der Waals surface area contributed by atoms with E-state index in [9.17, 15) is 10.1 Å². The van der Waals surface area contributed by atoms with Crippen molar-refractivity contribution in [1.82, 2.24) is 0 Å². The molecule has 0 radical (unpaired) electrons. The van der Waals surface area contributed by atoms with Crippen molar-refractivity contribution in [2.24, 2.45) is 0 Å². The molecule has 0 atom stereocenters. The van der Waals surface area contributed by atoms with Crippen LogP contribution in [0.15, 0.2) is 16.6 Å². The molecule has 0 saturated carbocycles. The van der Waals surface area contributed by atoms with Gasteiger partial charge in [-0.05, 0) is 17.9 Å². The molecule has 4 nitrogen and oxygen atoms in total. The summed E-state index contributed by atoms with van der Waals surface area (Å²) < 4.78 is 0.683. The van der Waals surface area contributed by atoms with Crippen LogP contribution in [0.2, 0.25) is 0 Å². The van der Waals surface area contributed by atoms with Gasteiger partial charge in [0.2, 0.25) is 0 Å². The molecule has 2 N–H and O–H groups in total. The van der Waals surface area contributed by atoms with Crippen molar-refractivity contribution in [2.45, 2.75) is 5.75 Å². The van der Waals surface area contributed by atoms with E-state index in [0.29, 0.717) is 10.2 Å². The van der Waals surface area contributed by atoms with Crippen LogP contribution in [-0.4, -0.2) is 11.2 Å². The molecule has 0 aromatic heterocycles. The fourth-order valence-electron chi connectivity index (χ4n) is 1.08. The first-order chi connectivity index (χ1) is 6.56. The Hall–Kier alpha value is -0.750. The molecule has 0 amide bonds. The van der Waals surface area contributed by atoms with Gasteiger partial charge >= 0.3 is 0 Å². The average molecular weight is 277 g/mol. The molecule has 0 aliphatic rings. The number of nitrogens with two attached hydrogens (primary N) is 1. The Morgan fingerprint density at radius 2 is 2.29 bits per heavy atom. The van der Waals surface area contributed by atoms with E-state index in [1.54, 1.807) is 17.8 Å². The molecule has 1 rings (SSSR count). The van der Waals surface area contributed by atoms with Crippen LogP contribution in [0.3, 0.4) is 0 Å². The maximum atomic E-state index is 10.6. The van der Waals surface area contributed by atoms with Gasteiger partial charge in [-0.2, -0.15) is 11.8 Å². The van der Waals surface area contributed by atoms with Gasteiger partial charge in [-0.3, -0.25) is 10.1 Å². The number of anilines is 1. The smallest absolute Gasteiger partial charge is 0.293 e. The standard InChI is InChI=1S/C8H9BrN2O2S/c1-14-4-5-2-6(9)3-7(8(5)10)11(12)13/h2-3H,4,10H2,1H3. The Bertz CT molecular complexity index is 371. The van der Waals surface area contributed by atoms with Crippen molar-refractivity contribution < 1.29 is 4.92 Å². The third kappa shape index (κ3) is 2.39. The molecule has 14 heavy (non-hydrogen) atoms. The zero-order chi connectivity index (χ0) is 10.7. The van der Waals surface area contributed by atoms with Crippen molar-refractivity contribution in [3.63, 3.8) is 0 Å². The van der Waals surface area contributed by atoms with Crippen LogP contribution >= 0.6 is 27.7 Å². The van der Waals surface area contributed by atoms with E-state index in [0.717, 1.165) is 5.56 Å². The van der Waals surface area contributed by atoms with Crippen LogP contribution in [0.25, 0.3) is 0 Å². The predicted molar refractivity (Wildman–Crippen MR) is 62.4 cm³/mol. The molecule has 1 aromatic rings. The minimum atomic E-state index is -0.468. The van der Waals surface area contributed by atoms with Crippen molar-refractivity contribution in [2.75, 3.05) is 12.0 Å². The molecule has 0 aliphatic carbocycles. The van der Waals surface area contributed by atoms with Gasteiger partial charge in [-0.15, -0.1) is 0 Å². The molecular formula is C8H9BrN2O2S. The van der Waals surface area contributed by atoms with Crippen LogP contribution in [0.5, 0.6) is 0 Å². The molecule has 0 saturated heterocycles. The molecule has 6 heteroatoms. The van der Waals surface area contributed by atoms with Gasteiger partial charge in [0.15, 0.2) is 0 Å². The first-order valence-electron chi connectivity index (χ1n) is 3.77. The van der Waals surface area contributed by atoms with E-state index in [4.69, 9.17) is 5.73 Å². The van der Waals surface area contributed by atoms with Crippen LogP contribution in [-0.2, 0) is 5.75 Å². The van der Waals surface area contributed by atoms with Crippen LogP contribution in [0, 0.1) is 10.1 Å². The van der Waals surface area contributed by atoms with Gasteiger partial charge < -0.3 is 5.73 Å². The number of nitro groups is 1. The van der Waals surface area contributed by atoms with Crippen molar-refractivity contribution in [1.29, 1.82) is 0 Å². The molecule has 1 aromatic carbocycles. The van der Waals surface area contributed by atoms with Gasteiger partial charge in [-0.25, -0.2) is 0 Å². The van der Waals surface area contributed by atoms with Crippen LogP contribution in [0.4, 0.5) is 11.4 Å². The van der Waals surface area contributed by atoms with E-state index in [1.807, 2.05) is 6.26 Å². The minimum absolute atomic E-state index is 0.0385. The summed E-state index contributed by atoms with van der Waals surface area (Å²) in [5.41, 5.74) is 6.67. The van der Waals surface area contributed by atoms with Gasteiger partial charge in [-0.1, -0.05) is 15.9 Å². The Morgan fingerprint density at radius 3 is 2.79 bits per heavy atom. The molecule has 0 fully saturated rings. The number of rotatable bonds is 3. The third-order valence-corrected chi connectivity index (χ3v) is 2.76. The Kier molecular flexibility index (Phi) is 3.77. The number of nitro benzene ring substituents is 1. The van der Waals surface area contributed by atoms with E-state index in [1.165, 1.54) is 6.07 Å². The van der Waals surface area contributed by atoms with Gasteiger partial charge in [0.25, 0.3) is 5.69 Å². The second-order valence-corrected chi connectivity index (χ2v) is 4.47. The maximum absolute atomic E-state index is 10.6. The normalized spacial score (nSPS) is 10.1. The van der Waals surface area contributed by atoms with Crippen molar-refractivity contribution >= 4 is 39.1 Å². The highest BCUT2D eigenvalue weighted by Gasteiger charge is 2.15. The first-order valence-corrected chi connectivity index (χ1v) is 5.96. The number of nitrogens with zero attached hydrogens (tertiary/aromatic N) is 1. The lowest BCUT2D eigenvalue weighted by Crippen LogP contribution is -1.99. The summed E-state index contributed by atoms with van der Waals surface area (Å²) in [4.78, 5) is 10.2. The van der Waals surface area contributed by atoms with E-state index in [2.05, 4.69) is 15.9 Å². The average Bonchev–Trinajstić information content (AvgIpc) is 2.10. The quantitative estimate of drug-likeness (QED) is 0.524. The summed E-state index contributed by atoms with van der Waals surface area (Å²) >= 11 is 4.79. The Labute approximate surface area is 94.1 Å². The zero-order valence-electron chi connectivity index (χ0n) is 7.49. The largest absolute Gasteiger partial charge is 0.393 e. The van der Waals surface area contributed by atoms with Gasteiger partial charge in [0.05, 0.1) is 4.92 Å². The van der Waals surface area contributed by atoms with Gasteiger partial charge in [0, 0.05) is 16.3 Å². The summed E-state index contributed by atoms with van der Waals surface area (Å²) in [6, 6.07) is 3.22. The number of halogens is 1. The number of nitrogen functional groups attached to an aromatic ring is 1. The highest BCUT2D eigenvalue weighted by molar-refractivity contribution is 9.10. The van der Waals surface area contributed by atoms with Crippen LogP contribution < -0.4 is 5.73 Å². The molecule has 0 unspecified atom stereocenters. The SMILES string of the molecule is CSCc1cc(Br)cc([N+](=O)[O-])c1N. The molecule has 0 bridgehead atoms. The lowest BCUT2D eigenvalue weighted by atomic mass is 10.2. The second kappa shape index (κ2) is 4.65. The molecule has 0 spiro atoms. The number of benzene rings is 1. The fourth-order valence-corrected chi connectivity index (χ4v) is 2.13. The summed E-state index contributed by atoms with van der Waals surface area (Å²) in [6.45, 7) is 0. The fraction of sp³-hybridized carbons (Fsp3) is 0.250. The highest BCUT2D eigenvalue weighted by Crippen LogP contribution is 2.31. The second-order valence-electron chi connectivity index (χ2n) is 2.69. The summed E-state index contributed by atoms with van der Waals surface area (Å²) in [6.07, 6.45) is 1.92. The predicted octanol–water partition coefficient (Wildman–Crippen LogP) is 2.80. The lowest BCUT2D eigenvalue weighted by molar-refractivity contribution is -0.384. The van der Waals surface area contributed by atoms with E-state index in [-0.39, 0.29) is 11.4 Å². The number of hydrogen-bond acceptors (Lipinski definition) is 4. The number of thioether (sulfide) groups is 1. The zero-order valence-corrected chi connectivity index (χ0v) is 9.89. The topological polar surface area (TPSA) is 69.2 Å². The Morgan fingerprint density at radius 1 is 1.64 bits per heavy atom. The summed E-state index contributed by atoms with van der Waals surface area (Å²) in [5, 5.41) is 10.6. The lowest BCUT2D eigenvalue weighted by Gasteiger charge is -2.05. The number of hydrogen-bond donors (Lipinski definition) is 1. The third-order valence-electron chi connectivity index (χ3n) is 1.71. The summed E-state index contributed by atoms with van der Waals surface area (Å²) in [5.74, 6) is 0.673. The summed E-state index contributed by atoms with van der Waals surface area (Å²) in [7, 11) is 0. The molecule has 0 aliphatic heterocycles. The van der Waals surface area contributed by atoms with E-state index < -0.39 is 4.92 Å². The van der Waals surface area contributed by atoms with Crippen molar-refractivity contribution in [3.8, 4) is 0 Å². The molecule has 0 heterocycles. The molecular weight excluding hydrogens is 268 g/mol. The minimum Gasteiger partial charge on any atom is -0.393 e. The van der Waals surface area contributed by atoms with Gasteiger partial charge in [0.1, 0.15) is 5.69 Å². The first kappa shape index (κ1) is 11.3. The Balaban J connectivity index is 3.24. The van der Waals surface area contributed by atoms with Crippen LogP contribution in [0.1, 0.15) is 5.56 Å².